The molecular formula is C12H12ClF2N3O2. The number of aromatic nitrogens is 1. The van der Waals surface area contributed by atoms with Gasteiger partial charge < -0.3 is 14.9 Å². The van der Waals surface area contributed by atoms with Crippen LogP contribution >= 0.6 is 12.4 Å². The van der Waals surface area contributed by atoms with Gasteiger partial charge in [-0.1, -0.05) is 6.07 Å². The van der Waals surface area contributed by atoms with Crippen LogP contribution in [-0.2, 0) is 0 Å². The predicted octanol–water partition coefficient (Wildman–Crippen LogP) is 2.87. The molecule has 5 nitrogen and oxygen atoms in total. The predicted molar refractivity (Wildman–Crippen MR) is 72.3 cm³/mol. The summed E-state index contributed by atoms with van der Waals surface area (Å²) in [5.74, 6) is 3.15. The van der Waals surface area contributed by atoms with Crippen LogP contribution in [0.4, 0.5) is 14.5 Å². The summed E-state index contributed by atoms with van der Waals surface area (Å²) in [6.45, 7) is 0. The van der Waals surface area contributed by atoms with Gasteiger partial charge in [0.1, 0.15) is 5.69 Å². The summed E-state index contributed by atoms with van der Waals surface area (Å²) in [5, 5.41) is 0. The molecule has 0 atom stereocenters. The second-order valence-corrected chi connectivity index (χ2v) is 3.50. The smallest absolute Gasteiger partial charge is 0.241 e. The van der Waals surface area contributed by atoms with E-state index < -0.39 is 11.6 Å². The molecule has 0 radical (unpaired) electrons. The highest BCUT2D eigenvalue weighted by molar-refractivity contribution is 5.85. The van der Waals surface area contributed by atoms with Crippen molar-refractivity contribution in [3.8, 4) is 17.5 Å². The van der Waals surface area contributed by atoms with Gasteiger partial charge in [0.05, 0.1) is 7.11 Å². The molecule has 0 saturated carbocycles. The van der Waals surface area contributed by atoms with Gasteiger partial charge in [-0.25, -0.2) is 4.39 Å². The summed E-state index contributed by atoms with van der Waals surface area (Å²) in [7, 11) is 1.40. The van der Waals surface area contributed by atoms with E-state index in [1.807, 2.05) is 0 Å². The number of ether oxygens (including phenoxy) is 2. The van der Waals surface area contributed by atoms with E-state index >= 15 is 0 Å². The van der Waals surface area contributed by atoms with Gasteiger partial charge in [0.25, 0.3) is 0 Å². The number of rotatable bonds is 4. The van der Waals surface area contributed by atoms with Crippen LogP contribution in [0, 0.1) is 11.6 Å². The third-order valence-electron chi connectivity index (χ3n) is 2.31. The largest absolute Gasteiger partial charge is 0.479 e. The lowest BCUT2D eigenvalue weighted by Gasteiger charge is -2.10. The van der Waals surface area contributed by atoms with E-state index in [1.165, 1.54) is 25.3 Å². The lowest BCUT2D eigenvalue weighted by Crippen LogP contribution is -2.09. The lowest BCUT2D eigenvalue weighted by atomic mass is 10.3. The molecule has 0 aliphatic rings. The number of hydrogen-bond acceptors (Lipinski definition) is 5. The first-order valence-corrected chi connectivity index (χ1v) is 5.29. The number of hydrogen-bond donors (Lipinski definition) is 2. The summed E-state index contributed by atoms with van der Waals surface area (Å²) >= 11 is 0. The van der Waals surface area contributed by atoms with Crippen LogP contribution in [0.2, 0.25) is 0 Å². The number of pyridine rings is 1. The van der Waals surface area contributed by atoms with Gasteiger partial charge >= 0.3 is 0 Å². The van der Waals surface area contributed by atoms with E-state index in [1.54, 1.807) is 6.07 Å². The topological polar surface area (TPSA) is 69.4 Å². The first-order valence-electron chi connectivity index (χ1n) is 5.29. The van der Waals surface area contributed by atoms with Crippen molar-refractivity contribution in [1.82, 2.24) is 4.98 Å². The number of nitrogen functional groups attached to an aromatic ring is 1. The van der Waals surface area contributed by atoms with Crippen LogP contribution in [0.25, 0.3) is 0 Å². The third kappa shape index (κ3) is 3.25. The van der Waals surface area contributed by atoms with Crippen molar-refractivity contribution >= 4 is 18.1 Å². The SMILES string of the molecule is COc1nc(Oc2cccc(F)c2F)ccc1NN.Cl. The van der Waals surface area contributed by atoms with E-state index in [4.69, 9.17) is 15.3 Å². The molecule has 0 aliphatic carbocycles. The molecule has 1 aromatic heterocycles. The molecule has 0 spiro atoms. The van der Waals surface area contributed by atoms with Gasteiger partial charge in [-0.05, 0) is 18.2 Å². The summed E-state index contributed by atoms with van der Waals surface area (Å²) in [6.07, 6.45) is 0. The van der Waals surface area contributed by atoms with Crippen LogP contribution < -0.4 is 20.7 Å². The van der Waals surface area contributed by atoms with E-state index in [0.717, 1.165) is 6.07 Å². The monoisotopic (exact) mass is 303 g/mol. The minimum absolute atomic E-state index is 0. The van der Waals surface area contributed by atoms with Crippen LogP contribution in [0.1, 0.15) is 0 Å². The molecule has 108 valence electrons. The molecule has 20 heavy (non-hydrogen) atoms. The first kappa shape index (κ1) is 15.9. The number of hydrazine groups is 1. The summed E-state index contributed by atoms with van der Waals surface area (Å²) in [5.41, 5.74) is 2.82. The van der Waals surface area contributed by atoms with Gasteiger partial charge in [0, 0.05) is 6.07 Å². The van der Waals surface area contributed by atoms with Crippen LogP contribution in [-0.4, -0.2) is 12.1 Å². The number of halogens is 3. The molecule has 0 bridgehead atoms. The van der Waals surface area contributed by atoms with Gasteiger partial charge in [0.2, 0.25) is 17.6 Å². The van der Waals surface area contributed by atoms with Crippen LogP contribution in [0.3, 0.4) is 0 Å². The number of methoxy groups -OCH3 is 1. The quantitative estimate of drug-likeness (QED) is 0.671. The molecule has 1 heterocycles. The lowest BCUT2D eigenvalue weighted by molar-refractivity contribution is 0.374. The first-order chi connectivity index (χ1) is 9.15. The average molecular weight is 304 g/mol. The van der Waals surface area contributed by atoms with Crippen molar-refractivity contribution in [2.45, 2.75) is 0 Å². The van der Waals surface area contributed by atoms with E-state index in [-0.39, 0.29) is 29.9 Å². The Hall–Kier alpha value is -2.12. The minimum atomic E-state index is -1.08. The van der Waals surface area contributed by atoms with E-state index in [9.17, 15) is 8.78 Å². The van der Waals surface area contributed by atoms with Gasteiger partial charge in [0.15, 0.2) is 11.6 Å². The molecule has 0 fully saturated rings. The number of anilines is 1. The third-order valence-corrected chi connectivity index (χ3v) is 2.31. The summed E-state index contributed by atoms with van der Waals surface area (Å²) < 4.78 is 36.6. The van der Waals surface area contributed by atoms with E-state index in [2.05, 4.69) is 10.4 Å². The normalized spacial score (nSPS) is 9.60. The average Bonchev–Trinajstić information content (AvgIpc) is 2.43. The molecular weight excluding hydrogens is 292 g/mol. The number of nitrogens with two attached hydrogens (primary N) is 1. The van der Waals surface area contributed by atoms with Crippen molar-refractivity contribution in [1.29, 1.82) is 0 Å². The Bertz CT molecular complexity index is 599. The Morgan fingerprint density at radius 3 is 2.60 bits per heavy atom. The highest BCUT2D eigenvalue weighted by Gasteiger charge is 2.12. The molecule has 2 aromatic rings. The van der Waals surface area contributed by atoms with Gasteiger partial charge in [-0.2, -0.15) is 9.37 Å². The fourth-order valence-electron chi connectivity index (χ4n) is 1.42. The van der Waals surface area contributed by atoms with Gasteiger partial charge in [-0.3, -0.25) is 5.84 Å². The molecule has 0 aliphatic heterocycles. The Labute approximate surface area is 120 Å². The summed E-state index contributed by atoms with van der Waals surface area (Å²) in [6, 6.07) is 6.61. The van der Waals surface area contributed by atoms with E-state index in [0.29, 0.717) is 5.69 Å². The molecule has 0 unspecified atom stereocenters. The highest BCUT2D eigenvalue weighted by Crippen LogP contribution is 2.28. The zero-order valence-electron chi connectivity index (χ0n) is 10.4. The second kappa shape index (κ2) is 6.88. The second-order valence-electron chi connectivity index (χ2n) is 3.50. The molecule has 2 rings (SSSR count). The number of nitrogens with zero attached hydrogens (tertiary/aromatic N) is 1. The molecule has 0 amide bonds. The van der Waals surface area contributed by atoms with Crippen molar-refractivity contribution in [2.75, 3.05) is 12.5 Å². The number of nitrogens with one attached hydrogen (secondary N) is 1. The molecule has 0 saturated heterocycles. The zero-order valence-corrected chi connectivity index (χ0v) is 11.2. The number of benzene rings is 1. The maximum absolute atomic E-state index is 13.4. The Balaban J connectivity index is 0.00000200. The Kier molecular flexibility index (Phi) is 5.48. The van der Waals surface area contributed by atoms with Crippen molar-refractivity contribution in [2.24, 2.45) is 5.84 Å². The maximum atomic E-state index is 13.4. The highest BCUT2D eigenvalue weighted by atomic mass is 35.5. The Morgan fingerprint density at radius 1 is 1.20 bits per heavy atom. The van der Waals surface area contributed by atoms with Crippen LogP contribution in [0.15, 0.2) is 30.3 Å². The Morgan fingerprint density at radius 2 is 1.95 bits per heavy atom. The summed E-state index contributed by atoms with van der Waals surface area (Å²) in [4.78, 5) is 3.95. The molecule has 3 N–H and O–H groups in total. The molecule has 8 heteroatoms. The molecule has 1 aromatic carbocycles. The maximum Gasteiger partial charge on any atom is 0.241 e. The fraction of sp³-hybridized carbons (Fsp3) is 0.0833. The standard InChI is InChI=1S/C12H11F2N3O2.ClH/c1-18-12-8(17-15)5-6-10(16-12)19-9-4-2-3-7(13)11(9)14;/h2-6,17H,15H2,1H3;1H. The van der Waals surface area contributed by atoms with Crippen molar-refractivity contribution in [3.63, 3.8) is 0 Å². The van der Waals surface area contributed by atoms with Crippen molar-refractivity contribution < 1.29 is 18.3 Å². The minimum Gasteiger partial charge on any atom is -0.479 e. The zero-order chi connectivity index (χ0) is 13.8. The van der Waals surface area contributed by atoms with Gasteiger partial charge in [-0.15, -0.1) is 12.4 Å². The fourth-order valence-corrected chi connectivity index (χ4v) is 1.42. The van der Waals surface area contributed by atoms with Crippen molar-refractivity contribution in [3.05, 3.63) is 42.0 Å². The van der Waals surface area contributed by atoms with Crippen LogP contribution in [0.5, 0.6) is 17.5 Å².